The van der Waals surface area contributed by atoms with Gasteiger partial charge in [0.15, 0.2) is 5.96 Å². The van der Waals surface area contributed by atoms with Gasteiger partial charge >= 0.3 is 17.9 Å². The highest BCUT2D eigenvalue weighted by molar-refractivity contribution is 7.80. The van der Waals surface area contributed by atoms with Crippen LogP contribution < -0.4 is 65.1 Å². The zero-order chi connectivity index (χ0) is 67.4. The molecule has 1 heterocycles. The molecular formula is C55H88N14O18S2. The number of aliphatic imine (C=N–C) groups is 1. The average molecular weight is 1300 g/mol. The smallest absolute Gasteiger partial charge is 0.327 e. The number of nitrogens with one attached hydrogen (secondary N) is 9. The number of likely N-dealkylation sites (tertiary alicyclic amines) is 1. The van der Waals surface area contributed by atoms with E-state index >= 15 is 0 Å². The fraction of sp³-hybridized carbons (Fsp3) is 0.636. The number of amides is 10. The van der Waals surface area contributed by atoms with E-state index in [0.29, 0.717) is 5.56 Å². The van der Waals surface area contributed by atoms with Crippen LogP contribution in [-0.2, 0) is 68.7 Å². The van der Waals surface area contributed by atoms with E-state index in [2.05, 4.69) is 78.1 Å². The second-order valence-corrected chi connectivity index (χ2v) is 23.0. The van der Waals surface area contributed by atoms with Crippen molar-refractivity contribution in [3.63, 3.8) is 0 Å². The van der Waals surface area contributed by atoms with Gasteiger partial charge in [-0.15, -0.1) is 0 Å². The van der Waals surface area contributed by atoms with Gasteiger partial charge in [0.2, 0.25) is 59.1 Å². The fourth-order valence-corrected chi connectivity index (χ4v) is 9.52. The molecule has 0 saturated carbocycles. The third-order valence-corrected chi connectivity index (χ3v) is 14.8. The highest BCUT2D eigenvalue weighted by Crippen LogP contribution is 2.22. The second-order valence-electron chi connectivity index (χ2n) is 22.3. The van der Waals surface area contributed by atoms with Crippen molar-refractivity contribution in [1.82, 2.24) is 52.8 Å². The van der Waals surface area contributed by atoms with E-state index in [1.807, 2.05) is 0 Å². The van der Waals surface area contributed by atoms with Crippen molar-refractivity contribution in [3.8, 4) is 5.75 Å². The summed E-state index contributed by atoms with van der Waals surface area (Å²) in [5.41, 5.74) is 17.2. The number of aliphatic hydroxyl groups is 1. The normalized spacial score (nSPS) is 16.6. The molecule has 0 aliphatic carbocycles. The molecular weight excluding hydrogens is 1210 g/mol. The number of nitrogens with zero attached hydrogens (tertiary/aromatic N) is 2. The van der Waals surface area contributed by atoms with Crippen LogP contribution in [0, 0.1) is 17.8 Å². The molecule has 1 fully saturated rings. The number of carboxylic acid groups (broad SMARTS) is 3. The Morgan fingerprint density at radius 1 is 0.607 bits per heavy atom. The first-order valence-corrected chi connectivity index (χ1v) is 30.2. The molecule has 20 N–H and O–H groups in total. The zero-order valence-corrected chi connectivity index (χ0v) is 52.4. The minimum atomic E-state index is -1.83. The van der Waals surface area contributed by atoms with Gasteiger partial charge in [0.25, 0.3) is 0 Å². The molecule has 2 rings (SSSR count). The summed E-state index contributed by atoms with van der Waals surface area (Å²) in [7, 11) is 0. The molecule has 12 atom stereocenters. The Bertz CT molecular complexity index is 2670. The Balaban J connectivity index is 2.47. The maximum Gasteiger partial charge on any atom is 0.327 e. The van der Waals surface area contributed by atoms with Gasteiger partial charge in [-0.2, -0.15) is 25.3 Å². The molecule has 0 spiro atoms. The quantitative estimate of drug-likeness (QED) is 0.0128. The highest BCUT2D eigenvalue weighted by atomic mass is 32.1. The molecule has 0 aromatic heterocycles. The molecule has 1 aliphatic rings. The third-order valence-electron chi connectivity index (χ3n) is 14.1. The van der Waals surface area contributed by atoms with Crippen molar-refractivity contribution in [2.45, 2.75) is 172 Å². The summed E-state index contributed by atoms with van der Waals surface area (Å²) >= 11 is 7.91. The Morgan fingerprint density at radius 2 is 1.07 bits per heavy atom. The third kappa shape index (κ3) is 26.7. The van der Waals surface area contributed by atoms with Crippen molar-refractivity contribution in [2.24, 2.45) is 39.9 Å². The number of rotatable bonds is 39. The van der Waals surface area contributed by atoms with Crippen LogP contribution in [0.5, 0.6) is 5.75 Å². The van der Waals surface area contributed by atoms with Gasteiger partial charge in [-0.25, -0.2) is 4.79 Å². The summed E-state index contributed by atoms with van der Waals surface area (Å²) in [4.78, 5) is 179. The van der Waals surface area contributed by atoms with Crippen LogP contribution in [0.4, 0.5) is 0 Å². The lowest BCUT2D eigenvalue weighted by molar-refractivity contribution is -0.144. The number of nitrogens with two attached hydrogens (primary N) is 3. The number of phenols is 1. The van der Waals surface area contributed by atoms with Crippen molar-refractivity contribution in [3.05, 3.63) is 29.8 Å². The summed E-state index contributed by atoms with van der Waals surface area (Å²) in [6.45, 7) is 8.90. The number of aliphatic carboxylic acids is 3. The fourth-order valence-electron chi connectivity index (χ4n) is 9.11. The molecule has 0 unspecified atom stereocenters. The van der Waals surface area contributed by atoms with Gasteiger partial charge in [-0.1, -0.05) is 60.1 Å². The van der Waals surface area contributed by atoms with Gasteiger partial charge in [-0.05, 0) is 74.0 Å². The number of thiol groups is 2. The lowest BCUT2D eigenvalue weighted by Gasteiger charge is -2.31. The summed E-state index contributed by atoms with van der Waals surface area (Å²) < 4.78 is 0. The van der Waals surface area contributed by atoms with Crippen LogP contribution >= 0.6 is 25.3 Å². The Hall–Kier alpha value is -7.98. The van der Waals surface area contributed by atoms with Gasteiger partial charge in [-0.3, -0.25) is 62.5 Å². The average Bonchev–Trinajstić information content (AvgIpc) is 2.18. The maximum absolute atomic E-state index is 14.5. The highest BCUT2D eigenvalue weighted by Gasteiger charge is 2.41. The largest absolute Gasteiger partial charge is 0.508 e. The first-order chi connectivity index (χ1) is 41.8. The predicted octanol–water partition coefficient (Wildman–Crippen LogP) is -4.31. The van der Waals surface area contributed by atoms with Crippen LogP contribution in [-0.4, -0.2) is 211 Å². The number of phenolic OH excluding ortho intramolecular Hbond substituents is 1. The number of carboxylic acids is 3. The molecule has 0 bridgehead atoms. The van der Waals surface area contributed by atoms with E-state index in [4.69, 9.17) is 17.2 Å². The number of benzene rings is 1. The van der Waals surface area contributed by atoms with Crippen LogP contribution in [0.3, 0.4) is 0 Å². The second kappa shape index (κ2) is 38.4. The number of guanidine groups is 1. The van der Waals surface area contributed by atoms with E-state index < -0.39 is 169 Å². The van der Waals surface area contributed by atoms with Gasteiger partial charge < -0.3 is 95.5 Å². The van der Waals surface area contributed by atoms with E-state index in [-0.39, 0.29) is 99.5 Å². The summed E-state index contributed by atoms with van der Waals surface area (Å²) in [5.74, 6) is -16.5. The lowest BCUT2D eigenvalue weighted by Crippen LogP contribution is -2.62. The van der Waals surface area contributed by atoms with E-state index in [9.17, 15) is 87.9 Å². The molecule has 498 valence electrons. The Kier molecular flexibility index (Phi) is 33.3. The number of hydrogen-bond acceptors (Lipinski definition) is 19. The molecule has 0 radical (unpaired) electrons. The molecule has 10 amide bonds. The minimum absolute atomic E-state index is 0.0114. The predicted molar refractivity (Wildman–Crippen MR) is 327 cm³/mol. The number of aliphatic hydroxyl groups excluding tert-OH is 1. The maximum atomic E-state index is 14.5. The van der Waals surface area contributed by atoms with Crippen LogP contribution in [0.15, 0.2) is 29.3 Å². The molecule has 34 heteroatoms. The molecule has 1 aliphatic heterocycles. The first-order valence-electron chi connectivity index (χ1n) is 28.9. The lowest BCUT2D eigenvalue weighted by atomic mass is 9.96. The van der Waals surface area contributed by atoms with E-state index in [1.54, 1.807) is 41.5 Å². The van der Waals surface area contributed by atoms with Gasteiger partial charge in [0.05, 0.1) is 25.5 Å². The Labute approximate surface area is 525 Å². The summed E-state index contributed by atoms with van der Waals surface area (Å²) in [6, 6.07) is -11.2. The minimum Gasteiger partial charge on any atom is -0.508 e. The topological polar surface area (TPSA) is 525 Å². The van der Waals surface area contributed by atoms with Crippen LogP contribution in [0.1, 0.15) is 105 Å². The van der Waals surface area contributed by atoms with Gasteiger partial charge in [0, 0.05) is 31.0 Å². The molecule has 1 aromatic carbocycles. The number of carbonyl (C=O) groups excluding carboxylic acids is 10. The summed E-state index contributed by atoms with van der Waals surface area (Å²) in [5, 5.41) is 71.1. The number of carbonyl (C=O) groups is 13. The van der Waals surface area contributed by atoms with E-state index in [0.717, 1.165) is 4.90 Å². The summed E-state index contributed by atoms with van der Waals surface area (Å²) in [6.07, 6.45) is -1.99. The molecule has 1 saturated heterocycles. The molecule has 1 aromatic rings. The van der Waals surface area contributed by atoms with Crippen molar-refractivity contribution in [2.75, 3.05) is 31.2 Å². The van der Waals surface area contributed by atoms with Crippen molar-refractivity contribution < 1.29 is 87.9 Å². The Morgan fingerprint density at radius 3 is 1.54 bits per heavy atom. The SMILES string of the molecule is CC[C@H](C)[C@H](NC(=O)[C@H](CC(C)C)NC(=O)[C@H](CCCN=C(N)N)NC(=O)[C@H](CO)NC(=O)[C@@H]1CCCN1C(=O)[C@H](Cc1ccc(O)cc1)NC(=O)[C@H](CC(=O)O)NC(=O)[C@@H](N)CS)C(=O)N[C@@H](CC(=O)O)C(=O)N[C@@H](CC(C)C)C(=O)N[C@@H](CS)C(=O)O. The number of aromatic hydroxyl groups is 1. The van der Waals surface area contributed by atoms with Crippen LogP contribution in [0.25, 0.3) is 0 Å². The van der Waals surface area contributed by atoms with Crippen molar-refractivity contribution >= 4 is 108 Å². The van der Waals surface area contributed by atoms with Crippen LogP contribution in [0.2, 0.25) is 0 Å². The molecule has 32 nitrogen and oxygen atoms in total. The zero-order valence-electron chi connectivity index (χ0n) is 50.6. The number of hydrogen-bond donors (Lipinski definition) is 19. The van der Waals surface area contributed by atoms with Crippen molar-refractivity contribution in [1.29, 1.82) is 0 Å². The molecule has 89 heavy (non-hydrogen) atoms. The van der Waals surface area contributed by atoms with E-state index in [1.165, 1.54) is 24.3 Å². The monoisotopic (exact) mass is 1300 g/mol. The van der Waals surface area contributed by atoms with Gasteiger partial charge in [0.1, 0.15) is 66.2 Å². The first kappa shape index (κ1) is 77.1. The standard InChI is InChI=1S/C55H88N14O18S2/c1-7-28(6)43(52(84)64-36(22-42(74)75)47(79)63-33(18-26(2)3)46(78)67-39(25-89)54(86)87)68-49(81)34(19-27(4)5)62-45(77)32(10-8-16-59-55(57)58)60-50(82)38(23-70)66-51(83)40-11-9-17-69(40)53(85)37(20-29-12-14-30(71)15-13-29)65-48(80)35(21-41(72)73)61-44(76)31(56)24-88/h12-15,26-28,31-40,43,70-71,88-89H,7-11,16-25,56H2,1-6H3,(H,60,82)(H,61,76)(H,62,77)(H,63,79)(H,64,84)(H,65,80)(H,66,83)(H,67,78)(H,68,81)(H,72,73)(H,74,75)(H,86,87)(H4,57,58,59)/t28-,31-,32-,33-,34-,35-,36-,37-,38-,39-,40-,43-/m0/s1.